The fraction of sp³-hybridized carbons (Fsp3) is 0.469. The average Bonchev–Trinajstić information content (AvgIpc) is 3.62. The second-order valence-corrected chi connectivity index (χ2v) is 12.8. The Labute approximate surface area is 246 Å². The molecule has 9 rings (SSSR count). The number of pyridine rings is 1. The Bertz CT molecular complexity index is 1790. The molecule has 0 saturated carbocycles. The van der Waals surface area contributed by atoms with Gasteiger partial charge in [0.05, 0.1) is 22.8 Å². The van der Waals surface area contributed by atoms with E-state index in [0.717, 1.165) is 44.6 Å². The first kappa shape index (κ1) is 25.6. The molecule has 0 amide bonds. The summed E-state index contributed by atoms with van der Waals surface area (Å²) in [4.78, 5) is 19.2. The molecule has 4 saturated heterocycles. The largest absolute Gasteiger partial charge is 0.508 e. The number of piperazine rings is 1. The van der Waals surface area contributed by atoms with Crippen molar-refractivity contribution in [1.29, 1.82) is 0 Å². The van der Waals surface area contributed by atoms with Gasteiger partial charge in [0.25, 0.3) is 0 Å². The normalized spacial score (nSPS) is 29.5. The second kappa shape index (κ2) is 9.33. The molecule has 2 aromatic heterocycles. The number of fused-ring (bicyclic) bond motifs is 7. The van der Waals surface area contributed by atoms with Crippen molar-refractivity contribution in [1.82, 2.24) is 25.2 Å². The number of phenols is 1. The summed E-state index contributed by atoms with van der Waals surface area (Å²) in [7, 11) is 0. The Balaban J connectivity index is 1.20. The summed E-state index contributed by atoms with van der Waals surface area (Å²) in [5.41, 5.74) is 1.11. The van der Waals surface area contributed by atoms with Gasteiger partial charge in [0.1, 0.15) is 42.2 Å². The van der Waals surface area contributed by atoms with Gasteiger partial charge in [-0.3, -0.25) is 4.90 Å². The number of alkyl halides is 1. The highest BCUT2D eigenvalue weighted by atomic mass is 19.1. The molecule has 43 heavy (non-hydrogen) atoms. The number of anilines is 1. The lowest BCUT2D eigenvalue weighted by Crippen LogP contribution is -2.60. The topological polar surface area (TPSA) is 95.9 Å². The molecule has 222 valence electrons. The van der Waals surface area contributed by atoms with Crippen molar-refractivity contribution < 1.29 is 23.4 Å². The van der Waals surface area contributed by atoms with Crippen LogP contribution in [0, 0.1) is 5.82 Å². The van der Waals surface area contributed by atoms with Crippen LogP contribution < -0.4 is 19.7 Å². The minimum absolute atomic E-state index is 0.0107. The molecular formula is C32H32F2N6O3. The number of aromatic nitrogens is 3. The first-order chi connectivity index (χ1) is 20.9. The third-order valence-corrected chi connectivity index (χ3v) is 10.2. The van der Waals surface area contributed by atoms with Crippen LogP contribution in [0.3, 0.4) is 0 Å². The standard InChI is InChI=1S/C32H32F2N6O3/c33-18-12-32(7-2-8-39(32)13-18)16-43-31-37-25-11-24(21-10-20(41)9-17-3-1-4-22(34)27(17)21)36-30-28(25)29(38-31)40-14-19-5-6-23(35-19)26(40)15-42-30/h1,3-4,9-11,18-19,23,26,35,41H,2,5-8,12-16H2/t18-,19-,23?,26+,32-/m0/s1. The summed E-state index contributed by atoms with van der Waals surface area (Å²) in [6, 6.07) is 10.5. The van der Waals surface area contributed by atoms with Crippen molar-refractivity contribution in [2.75, 3.05) is 37.7 Å². The quantitative estimate of drug-likeness (QED) is 0.362. The predicted octanol–water partition coefficient (Wildman–Crippen LogP) is 4.35. The molecule has 9 nitrogen and oxygen atoms in total. The monoisotopic (exact) mass is 586 g/mol. The van der Waals surface area contributed by atoms with Gasteiger partial charge < -0.3 is 24.8 Å². The van der Waals surface area contributed by atoms with Crippen LogP contribution in [0.2, 0.25) is 0 Å². The Morgan fingerprint density at radius 3 is 2.98 bits per heavy atom. The number of phenolic OH excluding ortho intramolecular Hbond substituents is 1. The van der Waals surface area contributed by atoms with E-state index in [0.29, 0.717) is 71.0 Å². The Hall–Kier alpha value is -3.83. The van der Waals surface area contributed by atoms with Crippen LogP contribution in [0.15, 0.2) is 36.4 Å². The molecule has 0 spiro atoms. The maximum Gasteiger partial charge on any atom is 0.319 e. The molecule has 5 atom stereocenters. The Morgan fingerprint density at radius 2 is 2.05 bits per heavy atom. The van der Waals surface area contributed by atoms with Gasteiger partial charge >= 0.3 is 6.01 Å². The highest BCUT2D eigenvalue weighted by Gasteiger charge is 2.49. The van der Waals surface area contributed by atoms with E-state index in [9.17, 15) is 9.50 Å². The molecular weight excluding hydrogens is 554 g/mol. The fourth-order valence-electron chi connectivity index (χ4n) is 8.31. The maximum atomic E-state index is 15.2. The number of halogens is 2. The van der Waals surface area contributed by atoms with Crippen molar-refractivity contribution in [2.45, 2.75) is 61.9 Å². The summed E-state index contributed by atoms with van der Waals surface area (Å²) in [5, 5.41) is 15.9. The summed E-state index contributed by atoms with van der Waals surface area (Å²) in [6.07, 6.45) is 3.67. The molecule has 2 bridgehead atoms. The lowest BCUT2D eigenvalue weighted by Gasteiger charge is -2.40. The summed E-state index contributed by atoms with van der Waals surface area (Å²) in [5.74, 6) is 0.702. The molecule has 11 heteroatoms. The minimum Gasteiger partial charge on any atom is -0.508 e. The predicted molar refractivity (Wildman–Crippen MR) is 157 cm³/mol. The van der Waals surface area contributed by atoms with E-state index < -0.39 is 12.0 Å². The van der Waals surface area contributed by atoms with Gasteiger partial charge in [0.2, 0.25) is 5.88 Å². The van der Waals surface area contributed by atoms with E-state index in [1.807, 2.05) is 0 Å². The van der Waals surface area contributed by atoms with Gasteiger partial charge in [0, 0.05) is 42.5 Å². The molecule has 0 radical (unpaired) electrons. The molecule has 4 fully saturated rings. The van der Waals surface area contributed by atoms with Gasteiger partial charge in [-0.25, -0.2) is 13.8 Å². The number of hydrogen-bond donors (Lipinski definition) is 2. The lowest BCUT2D eigenvalue weighted by molar-refractivity contribution is 0.107. The summed E-state index contributed by atoms with van der Waals surface area (Å²) in [6.45, 7) is 2.83. The smallest absolute Gasteiger partial charge is 0.319 e. The van der Waals surface area contributed by atoms with Gasteiger partial charge in [-0.1, -0.05) is 12.1 Å². The summed E-state index contributed by atoms with van der Waals surface area (Å²) < 4.78 is 42.4. The molecule has 2 aromatic carbocycles. The number of benzene rings is 2. The van der Waals surface area contributed by atoms with Gasteiger partial charge in [-0.2, -0.15) is 9.97 Å². The molecule has 1 unspecified atom stereocenters. The van der Waals surface area contributed by atoms with Crippen molar-refractivity contribution in [2.24, 2.45) is 0 Å². The lowest BCUT2D eigenvalue weighted by atomic mass is 9.95. The van der Waals surface area contributed by atoms with Crippen molar-refractivity contribution in [3.8, 4) is 28.9 Å². The van der Waals surface area contributed by atoms with Crippen LogP contribution in [-0.4, -0.2) is 87.6 Å². The zero-order chi connectivity index (χ0) is 28.9. The van der Waals surface area contributed by atoms with Crippen LogP contribution >= 0.6 is 0 Å². The van der Waals surface area contributed by atoms with Crippen molar-refractivity contribution in [3.05, 3.63) is 42.2 Å². The zero-order valence-electron chi connectivity index (χ0n) is 23.6. The number of ether oxygens (including phenoxy) is 2. The van der Waals surface area contributed by atoms with Crippen LogP contribution in [-0.2, 0) is 0 Å². The number of rotatable bonds is 4. The third-order valence-electron chi connectivity index (χ3n) is 10.2. The zero-order valence-corrected chi connectivity index (χ0v) is 23.6. The van der Waals surface area contributed by atoms with E-state index in [1.54, 1.807) is 18.2 Å². The first-order valence-electron chi connectivity index (χ1n) is 15.3. The first-order valence-corrected chi connectivity index (χ1v) is 15.3. The highest BCUT2D eigenvalue weighted by molar-refractivity contribution is 6.01. The van der Waals surface area contributed by atoms with Crippen LogP contribution in [0.5, 0.6) is 17.6 Å². The van der Waals surface area contributed by atoms with E-state index in [1.165, 1.54) is 18.2 Å². The van der Waals surface area contributed by atoms with E-state index in [2.05, 4.69) is 15.1 Å². The second-order valence-electron chi connectivity index (χ2n) is 12.8. The third kappa shape index (κ3) is 3.97. The number of nitrogens with zero attached hydrogens (tertiary/aromatic N) is 5. The fourth-order valence-corrected chi connectivity index (χ4v) is 8.31. The van der Waals surface area contributed by atoms with Crippen molar-refractivity contribution >= 4 is 27.5 Å². The van der Waals surface area contributed by atoms with E-state index >= 15 is 4.39 Å². The highest BCUT2D eigenvalue weighted by Crippen LogP contribution is 2.44. The number of aromatic hydroxyl groups is 1. The Kier molecular flexibility index (Phi) is 5.57. The maximum absolute atomic E-state index is 15.2. The van der Waals surface area contributed by atoms with Crippen LogP contribution in [0.1, 0.15) is 32.1 Å². The molecule has 7 heterocycles. The van der Waals surface area contributed by atoms with E-state index in [-0.39, 0.29) is 29.4 Å². The van der Waals surface area contributed by atoms with Gasteiger partial charge in [-0.05, 0) is 61.9 Å². The van der Waals surface area contributed by atoms with Crippen molar-refractivity contribution in [3.63, 3.8) is 0 Å². The molecule has 2 N–H and O–H groups in total. The number of hydrogen-bond acceptors (Lipinski definition) is 9. The Morgan fingerprint density at radius 1 is 1.12 bits per heavy atom. The SMILES string of the molecule is Oc1cc(-c2cc3nc(OC[C@@]45CCCN4C[C@@H](F)C5)nc4c3c(n2)OC[C@@H]2C3CC[C@@H](CN42)N3)c2c(F)cccc2c1. The van der Waals surface area contributed by atoms with Crippen LogP contribution in [0.25, 0.3) is 32.9 Å². The summed E-state index contributed by atoms with van der Waals surface area (Å²) >= 11 is 0. The minimum atomic E-state index is -0.853. The van der Waals surface area contributed by atoms with Gasteiger partial charge in [-0.15, -0.1) is 0 Å². The molecule has 5 aliphatic rings. The molecule has 5 aliphatic heterocycles. The van der Waals surface area contributed by atoms with Crippen LogP contribution in [0.4, 0.5) is 14.6 Å². The molecule has 4 aromatic rings. The van der Waals surface area contributed by atoms with E-state index in [4.69, 9.17) is 24.4 Å². The molecule has 0 aliphatic carbocycles. The van der Waals surface area contributed by atoms with Gasteiger partial charge in [0.15, 0.2) is 0 Å². The number of nitrogens with one attached hydrogen (secondary N) is 1. The average molecular weight is 587 g/mol.